The zero-order valence-electron chi connectivity index (χ0n) is 17.7. The molecule has 0 aliphatic heterocycles. The normalized spacial score (nSPS) is 20.5. The zero-order chi connectivity index (χ0) is 20.6. The lowest BCUT2D eigenvalue weighted by Crippen LogP contribution is -2.34. The Labute approximate surface area is 158 Å². The van der Waals surface area contributed by atoms with Crippen LogP contribution in [-0.4, -0.2) is 41.3 Å². The largest absolute Gasteiger partial charge is 0.469 e. The van der Waals surface area contributed by atoms with Gasteiger partial charge in [0.15, 0.2) is 0 Å². The summed E-state index contributed by atoms with van der Waals surface area (Å²) in [7, 11) is 1.31. The van der Waals surface area contributed by atoms with Crippen LogP contribution in [0.15, 0.2) is 11.6 Å². The quantitative estimate of drug-likeness (QED) is 0.430. The lowest BCUT2D eigenvalue weighted by molar-refractivity contribution is -0.149. The molecule has 0 spiro atoms. The van der Waals surface area contributed by atoms with Crippen molar-refractivity contribution in [2.45, 2.75) is 73.5 Å². The van der Waals surface area contributed by atoms with Gasteiger partial charge in [-0.2, -0.15) is 0 Å². The summed E-state index contributed by atoms with van der Waals surface area (Å²) in [5, 5.41) is 20.6. The van der Waals surface area contributed by atoms with Gasteiger partial charge < -0.3 is 14.9 Å². The smallest absolute Gasteiger partial charge is 0.311 e. The van der Waals surface area contributed by atoms with Gasteiger partial charge in [0, 0.05) is 11.8 Å². The molecule has 0 saturated heterocycles. The number of ether oxygens (including phenoxy) is 1. The Hall–Kier alpha value is -1.20. The third-order valence-corrected chi connectivity index (χ3v) is 5.48. The van der Waals surface area contributed by atoms with E-state index in [-0.39, 0.29) is 23.5 Å². The summed E-state index contributed by atoms with van der Waals surface area (Å²) in [4.78, 5) is 24.1. The number of Topliss-reactive ketones (excluding diaryl/α,β-unsaturated/α-hetero) is 1. The number of hydrogen-bond acceptors (Lipinski definition) is 5. The molecule has 0 fully saturated rings. The lowest BCUT2D eigenvalue weighted by atomic mass is 9.83. The molecule has 0 unspecified atom stereocenters. The molecular formula is C21H38O5. The lowest BCUT2D eigenvalue weighted by Gasteiger charge is -2.25. The van der Waals surface area contributed by atoms with Gasteiger partial charge in [0.1, 0.15) is 5.78 Å². The molecule has 5 nitrogen and oxygen atoms in total. The predicted octanol–water partition coefficient (Wildman–Crippen LogP) is 3.38. The Morgan fingerprint density at radius 1 is 0.962 bits per heavy atom. The maximum absolute atomic E-state index is 12.6. The summed E-state index contributed by atoms with van der Waals surface area (Å²) in [6.45, 7) is 13.0. The van der Waals surface area contributed by atoms with Crippen molar-refractivity contribution < 1.29 is 24.5 Å². The molecule has 0 aliphatic carbocycles. The first-order chi connectivity index (χ1) is 12.0. The highest BCUT2D eigenvalue weighted by molar-refractivity contribution is 5.85. The molecule has 0 amide bonds. The van der Waals surface area contributed by atoms with E-state index in [0.717, 1.165) is 12.0 Å². The van der Waals surface area contributed by atoms with Crippen LogP contribution in [0, 0.1) is 29.6 Å². The number of rotatable bonds is 11. The minimum atomic E-state index is -0.803. The molecule has 0 saturated carbocycles. The van der Waals surface area contributed by atoms with E-state index in [1.165, 1.54) is 7.11 Å². The van der Waals surface area contributed by atoms with Gasteiger partial charge in [-0.05, 0) is 32.1 Å². The number of aliphatic hydroxyl groups excluding tert-OH is 2. The van der Waals surface area contributed by atoms with Crippen LogP contribution in [0.25, 0.3) is 0 Å². The summed E-state index contributed by atoms with van der Waals surface area (Å²) in [6, 6.07) is 0. The van der Waals surface area contributed by atoms with E-state index in [2.05, 4.69) is 4.74 Å². The highest BCUT2D eigenvalue weighted by Gasteiger charge is 2.29. The van der Waals surface area contributed by atoms with Crippen molar-refractivity contribution in [3.05, 3.63) is 11.6 Å². The molecule has 0 aromatic rings. The van der Waals surface area contributed by atoms with Gasteiger partial charge in [-0.1, -0.05) is 52.7 Å². The van der Waals surface area contributed by atoms with Gasteiger partial charge >= 0.3 is 5.97 Å². The number of allylic oxidation sites excluding steroid dienone is 2. The molecule has 152 valence electrons. The molecule has 26 heavy (non-hydrogen) atoms. The maximum Gasteiger partial charge on any atom is 0.311 e. The molecule has 0 aromatic heterocycles. The van der Waals surface area contributed by atoms with Crippen molar-refractivity contribution in [2.75, 3.05) is 7.11 Å². The molecule has 0 rings (SSSR count). The van der Waals surface area contributed by atoms with E-state index >= 15 is 0 Å². The summed E-state index contributed by atoms with van der Waals surface area (Å²) in [5.74, 6) is -1.76. The SMILES string of the molecule is CC[C@@H](C)[C@H](O)[C@@H](C)C(=O)[C@@H](C)/C=C(\C)C[C@@H](C)[C@@H](O)[C@@H](C)C(=O)OC. The third-order valence-electron chi connectivity index (χ3n) is 5.48. The number of hydrogen-bond donors (Lipinski definition) is 2. The third kappa shape index (κ3) is 7.20. The number of methoxy groups -OCH3 is 1. The number of carbonyl (C=O) groups is 2. The van der Waals surface area contributed by atoms with Gasteiger partial charge in [-0.25, -0.2) is 0 Å². The fraction of sp³-hybridized carbons (Fsp3) is 0.810. The summed E-state index contributed by atoms with van der Waals surface area (Å²) >= 11 is 0. The van der Waals surface area contributed by atoms with E-state index in [0.29, 0.717) is 6.42 Å². The number of carbonyl (C=O) groups excluding carboxylic acids is 2. The molecule has 0 aromatic carbocycles. The number of ketones is 1. The first-order valence-electron chi connectivity index (χ1n) is 9.62. The maximum atomic E-state index is 12.6. The predicted molar refractivity (Wildman–Crippen MR) is 104 cm³/mol. The first-order valence-corrected chi connectivity index (χ1v) is 9.62. The van der Waals surface area contributed by atoms with E-state index in [9.17, 15) is 19.8 Å². The van der Waals surface area contributed by atoms with Crippen molar-refractivity contribution in [1.82, 2.24) is 0 Å². The van der Waals surface area contributed by atoms with Crippen LogP contribution in [0.3, 0.4) is 0 Å². The number of aliphatic hydroxyl groups is 2. The van der Waals surface area contributed by atoms with E-state index in [4.69, 9.17) is 0 Å². The van der Waals surface area contributed by atoms with Crippen LogP contribution in [0.5, 0.6) is 0 Å². The highest BCUT2D eigenvalue weighted by atomic mass is 16.5. The molecule has 5 heteroatoms. The van der Waals surface area contributed by atoms with Crippen LogP contribution >= 0.6 is 0 Å². The second-order valence-corrected chi connectivity index (χ2v) is 7.85. The monoisotopic (exact) mass is 370 g/mol. The minimum absolute atomic E-state index is 0.0216. The van der Waals surface area contributed by atoms with Crippen LogP contribution < -0.4 is 0 Å². The second kappa shape index (κ2) is 11.5. The van der Waals surface area contributed by atoms with E-state index < -0.39 is 30.0 Å². The second-order valence-electron chi connectivity index (χ2n) is 7.85. The van der Waals surface area contributed by atoms with Crippen LogP contribution in [0.1, 0.15) is 61.3 Å². The number of esters is 1. The molecule has 0 radical (unpaired) electrons. The molecular weight excluding hydrogens is 332 g/mol. The fourth-order valence-electron chi connectivity index (χ4n) is 3.34. The zero-order valence-corrected chi connectivity index (χ0v) is 17.7. The van der Waals surface area contributed by atoms with Gasteiger partial charge in [0.25, 0.3) is 0 Å². The fourth-order valence-corrected chi connectivity index (χ4v) is 3.34. The van der Waals surface area contributed by atoms with Crippen molar-refractivity contribution in [3.8, 4) is 0 Å². The average Bonchev–Trinajstić information content (AvgIpc) is 2.62. The minimum Gasteiger partial charge on any atom is -0.469 e. The Kier molecular flexibility index (Phi) is 11.0. The van der Waals surface area contributed by atoms with Crippen molar-refractivity contribution in [2.24, 2.45) is 29.6 Å². The molecule has 0 heterocycles. The summed E-state index contributed by atoms with van der Waals surface area (Å²) < 4.78 is 4.68. The standard InChI is InChI=1S/C21H38O5/c1-9-13(3)18(22)16(6)19(23)14(4)10-12(2)11-15(5)20(24)17(7)21(25)26-8/h10,13-18,20,22,24H,9,11H2,1-8H3/b12-10+/t13-,14+,15-,16-,17-,18+,20-/m1/s1. The Balaban J connectivity index is 4.88. The first kappa shape index (κ1) is 24.8. The average molecular weight is 371 g/mol. The van der Waals surface area contributed by atoms with Crippen LogP contribution in [0.2, 0.25) is 0 Å². The van der Waals surface area contributed by atoms with Crippen molar-refractivity contribution >= 4 is 11.8 Å². The summed E-state index contributed by atoms with van der Waals surface area (Å²) in [6.07, 6.45) is 1.88. The van der Waals surface area contributed by atoms with Gasteiger partial charge in [0.05, 0.1) is 25.2 Å². The topological polar surface area (TPSA) is 83.8 Å². The Morgan fingerprint density at radius 2 is 1.46 bits per heavy atom. The van der Waals surface area contributed by atoms with E-state index in [1.807, 2.05) is 40.7 Å². The van der Waals surface area contributed by atoms with E-state index in [1.54, 1.807) is 13.8 Å². The Morgan fingerprint density at radius 3 is 1.92 bits per heavy atom. The van der Waals surface area contributed by atoms with Gasteiger partial charge in [-0.15, -0.1) is 0 Å². The van der Waals surface area contributed by atoms with Crippen LogP contribution in [0.4, 0.5) is 0 Å². The molecule has 0 aliphatic rings. The highest BCUT2D eigenvalue weighted by Crippen LogP contribution is 2.24. The van der Waals surface area contributed by atoms with Crippen molar-refractivity contribution in [3.63, 3.8) is 0 Å². The Bertz CT molecular complexity index is 485. The van der Waals surface area contributed by atoms with Gasteiger partial charge in [0.2, 0.25) is 0 Å². The molecule has 0 bridgehead atoms. The summed E-state index contributed by atoms with van der Waals surface area (Å²) in [5.41, 5.74) is 0.986. The van der Waals surface area contributed by atoms with Crippen LogP contribution in [-0.2, 0) is 14.3 Å². The van der Waals surface area contributed by atoms with Crippen molar-refractivity contribution in [1.29, 1.82) is 0 Å². The molecule has 7 atom stereocenters. The van der Waals surface area contributed by atoms with Gasteiger partial charge in [-0.3, -0.25) is 9.59 Å². The molecule has 2 N–H and O–H groups in total.